The molecule has 2 aromatic carbocycles. The molecule has 0 amide bonds. The number of carbonyl (C=O) groups excluding carboxylic acids is 1. The van der Waals surface area contributed by atoms with Crippen molar-refractivity contribution < 1.29 is 33.2 Å². The van der Waals surface area contributed by atoms with Gasteiger partial charge >= 0.3 is 5.97 Å². The molecule has 4 rings (SSSR count). The lowest BCUT2D eigenvalue weighted by molar-refractivity contribution is -0.137. The van der Waals surface area contributed by atoms with Gasteiger partial charge in [0.1, 0.15) is 22.8 Å². The van der Waals surface area contributed by atoms with Crippen molar-refractivity contribution in [2.45, 2.75) is 39.2 Å². The van der Waals surface area contributed by atoms with Crippen LogP contribution in [0.5, 0.6) is 23.0 Å². The number of carbonyl (C=O) groups is 1. The van der Waals surface area contributed by atoms with Gasteiger partial charge in [-0.15, -0.1) is 0 Å². The second-order valence-electron chi connectivity index (χ2n) is 7.55. The molecule has 0 spiro atoms. The smallest absolute Gasteiger partial charge is 0.341 e. The summed E-state index contributed by atoms with van der Waals surface area (Å²) < 4.78 is 34.4. The lowest BCUT2D eigenvalue weighted by Crippen LogP contribution is -2.25. The largest absolute Gasteiger partial charge is 0.494 e. The first-order valence-electron chi connectivity index (χ1n) is 10.9. The van der Waals surface area contributed by atoms with Crippen LogP contribution in [0.2, 0.25) is 0 Å². The number of methoxy groups -OCH3 is 1. The highest BCUT2D eigenvalue weighted by Crippen LogP contribution is 2.46. The minimum atomic E-state index is -0.719. The van der Waals surface area contributed by atoms with Gasteiger partial charge in [0, 0.05) is 5.56 Å². The lowest BCUT2D eigenvalue weighted by atomic mass is 9.94. The van der Waals surface area contributed by atoms with Crippen LogP contribution in [0, 0.1) is 0 Å². The predicted molar refractivity (Wildman–Crippen MR) is 118 cm³/mol. The normalized spacial score (nSPS) is 16.3. The first-order chi connectivity index (χ1) is 15.7. The molecule has 2 aliphatic heterocycles. The number of rotatable bonds is 9. The van der Waals surface area contributed by atoms with Crippen LogP contribution in [0.15, 0.2) is 42.0 Å². The van der Waals surface area contributed by atoms with E-state index in [1.54, 1.807) is 0 Å². The van der Waals surface area contributed by atoms with Crippen molar-refractivity contribution in [2.24, 2.45) is 0 Å². The highest BCUT2D eigenvalue weighted by molar-refractivity contribution is 5.99. The van der Waals surface area contributed by atoms with Crippen molar-refractivity contribution >= 4 is 11.7 Å². The van der Waals surface area contributed by atoms with Gasteiger partial charge in [-0.2, -0.15) is 0 Å². The van der Waals surface area contributed by atoms with E-state index < -0.39 is 12.1 Å². The van der Waals surface area contributed by atoms with Gasteiger partial charge in [0.05, 0.1) is 25.9 Å². The van der Waals surface area contributed by atoms with E-state index in [4.69, 9.17) is 28.4 Å². The first-order valence-corrected chi connectivity index (χ1v) is 10.9. The fourth-order valence-corrected chi connectivity index (χ4v) is 3.64. The van der Waals surface area contributed by atoms with E-state index in [0.29, 0.717) is 53.1 Å². The fourth-order valence-electron chi connectivity index (χ4n) is 3.64. The second-order valence-corrected chi connectivity index (χ2v) is 7.55. The Morgan fingerprint density at radius 2 is 1.78 bits per heavy atom. The van der Waals surface area contributed by atoms with Crippen molar-refractivity contribution in [3.05, 3.63) is 53.1 Å². The lowest BCUT2D eigenvalue weighted by Gasteiger charge is -2.30. The number of esters is 1. The number of unbranched alkanes of at least 4 members (excludes halogenated alkanes) is 1. The molecule has 7 heteroatoms. The topological polar surface area (TPSA) is 72.5 Å². The summed E-state index contributed by atoms with van der Waals surface area (Å²) in [4.78, 5) is 13.0. The van der Waals surface area contributed by atoms with E-state index in [1.165, 1.54) is 7.11 Å². The molecule has 0 aromatic heterocycles. The zero-order chi connectivity index (χ0) is 22.5. The highest BCUT2D eigenvalue weighted by atomic mass is 16.7. The molecular formula is C25H28O7. The molecule has 2 aromatic rings. The number of hydrogen-bond donors (Lipinski definition) is 0. The van der Waals surface area contributed by atoms with Crippen molar-refractivity contribution in [3.63, 3.8) is 0 Å². The molecule has 7 nitrogen and oxygen atoms in total. The van der Waals surface area contributed by atoms with Gasteiger partial charge < -0.3 is 28.4 Å². The zero-order valence-electron chi connectivity index (χ0n) is 18.6. The Bertz CT molecular complexity index is 1010. The monoisotopic (exact) mass is 440 g/mol. The van der Waals surface area contributed by atoms with Crippen LogP contribution in [-0.4, -0.2) is 33.1 Å². The standard InChI is InChI=1S/C25H28O7/c1-4-6-12-29-24-18-14-17(28-11-5-2)8-10-19(18)32-23(22(24)25(26)27-3)16-7-9-20-21(13-16)31-15-30-20/h7-10,13-14,23H,4-6,11-12,15H2,1-3H3. The summed E-state index contributed by atoms with van der Waals surface area (Å²) in [6.07, 6.45) is 2.00. The maximum Gasteiger partial charge on any atom is 0.341 e. The summed E-state index contributed by atoms with van der Waals surface area (Å²) in [5, 5.41) is 0. The molecule has 0 aliphatic carbocycles. The molecule has 0 radical (unpaired) electrons. The van der Waals surface area contributed by atoms with Crippen molar-refractivity contribution in [1.29, 1.82) is 0 Å². The van der Waals surface area contributed by atoms with Crippen molar-refractivity contribution in [1.82, 2.24) is 0 Å². The Kier molecular flexibility index (Phi) is 6.73. The maximum absolute atomic E-state index is 13.0. The van der Waals surface area contributed by atoms with E-state index in [0.717, 1.165) is 24.8 Å². The van der Waals surface area contributed by atoms with Gasteiger partial charge in [-0.25, -0.2) is 4.79 Å². The molecular weight excluding hydrogens is 412 g/mol. The van der Waals surface area contributed by atoms with E-state index >= 15 is 0 Å². The van der Waals surface area contributed by atoms with Gasteiger partial charge in [-0.3, -0.25) is 0 Å². The Morgan fingerprint density at radius 3 is 2.56 bits per heavy atom. The van der Waals surface area contributed by atoms with Crippen LogP contribution < -0.4 is 18.9 Å². The van der Waals surface area contributed by atoms with Gasteiger partial charge in [0.25, 0.3) is 0 Å². The van der Waals surface area contributed by atoms with Crippen LogP contribution in [0.3, 0.4) is 0 Å². The zero-order valence-corrected chi connectivity index (χ0v) is 18.6. The van der Waals surface area contributed by atoms with Gasteiger partial charge in [-0.1, -0.05) is 26.3 Å². The number of hydrogen-bond acceptors (Lipinski definition) is 7. The summed E-state index contributed by atoms with van der Waals surface area (Å²) in [7, 11) is 1.35. The Morgan fingerprint density at radius 1 is 0.969 bits per heavy atom. The molecule has 0 N–H and O–H groups in total. The Labute approximate surface area is 187 Å². The third-order valence-electron chi connectivity index (χ3n) is 5.27. The average molecular weight is 440 g/mol. The van der Waals surface area contributed by atoms with Gasteiger partial charge in [-0.05, 0) is 43.2 Å². The molecule has 1 atom stereocenters. The fraction of sp³-hybridized carbons (Fsp3) is 0.400. The van der Waals surface area contributed by atoms with Crippen LogP contribution >= 0.6 is 0 Å². The third kappa shape index (κ3) is 4.33. The predicted octanol–water partition coefficient (Wildman–Crippen LogP) is 5.04. The molecule has 2 aliphatic rings. The SMILES string of the molecule is CCCCOC1=C(C(=O)OC)C(c2ccc3c(c2)OCO3)Oc2ccc(OCCC)cc21. The molecule has 0 fully saturated rings. The average Bonchev–Trinajstić information content (AvgIpc) is 3.30. The van der Waals surface area contributed by atoms with Crippen LogP contribution in [0.1, 0.15) is 50.3 Å². The van der Waals surface area contributed by atoms with Gasteiger partial charge in [0.15, 0.2) is 17.6 Å². The summed E-state index contributed by atoms with van der Waals surface area (Å²) in [5.41, 5.74) is 1.72. The third-order valence-corrected chi connectivity index (χ3v) is 5.27. The second kappa shape index (κ2) is 9.85. The minimum absolute atomic E-state index is 0.165. The first kappa shape index (κ1) is 21.9. The van der Waals surface area contributed by atoms with Crippen molar-refractivity contribution in [2.75, 3.05) is 27.1 Å². The summed E-state index contributed by atoms with van der Waals surface area (Å²) in [5.74, 6) is 2.51. The summed E-state index contributed by atoms with van der Waals surface area (Å²) in [6.45, 7) is 5.37. The Hall–Kier alpha value is -3.35. The minimum Gasteiger partial charge on any atom is -0.494 e. The van der Waals surface area contributed by atoms with Crippen LogP contribution in [0.25, 0.3) is 5.76 Å². The van der Waals surface area contributed by atoms with E-state index in [2.05, 4.69) is 6.92 Å². The number of ether oxygens (including phenoxy) is 6. The quantitative estimate of drug-likeness (QED) is 0.400. The molecule has 2 heterocycles. The van der Waals surface area contributed by atoms with E-state index in [9.17, 15) is 4.79 Å². The van der Waals surface area contributed by atoms with E-state index in [1.807, 2.05) is 43.3 Å². The molecule has 170 valence electrons. The molecule has 32 heavy (non-hydrogen) atoms. The summed E-state index contributed by atoms with van der Waals surface area (Å²) in [6, 6.07) is 11.0. The van der Waals surface area contributed by atoms with Crippen LogP contribution in [0.4, 0.5) is 0 Å². The summed E-state index contributed by atoms with van der Waals surface area (Å²) >= 11 is 0. The number of benzene rings is 2. The van der Waals surface area contributed by atoms with Crippen molar-refractivity contribution in [3.8, 4) is 23.0 Å². The molecule has 1 unspecified atom stereocenters. The molecule has 0 saturated heterocycles. The number of fused-ring (bicyclic) bond motifs is 2. The maximum atomic E-state index is 13.0. The van der Waals surface area contributed by atoms with Gasteiger partial charge in [0.2, 0.25) is 6.79 Å². The molecule has 0 bridgehead atoms. The Balaban J connectivity index is 1.81. The van der Waals surface area contributed by atoms with E-state index in [-0.39, 0.29) is 6.79 Å². The molecule has 0 saturated carbocycles. The van der Waals surface area contributed by atoms with Crippen LogP contribution in [-0.2, 0) is 14.3 Å². The highest BCUT2D eigenvalue weighted by Gasteiger charge is 2.37.